The first-order chi connectivity index (χ1) is 9.46. The van der Waals surface area contributed by atoms with E-state index in [1.165, 1.54) is 24.9 Å². The molecule has 1 aliphatic rings. The predicted molar refractivity (Wildman–Crippen MR) is 86.9 cm³/mol. The topological polar surface area (TPSA) is 15.3 Å². The van der Waals surface area contributed by atoms with Crippen LogP contribution < -0.4 is 5.32 Å². The van der Waals surface area contributed by atoms with Crippen LogP contribution in [-0.2, 0) is 0 Å². The second-order valence-corrected chi connectivity index (χ2v) is 7.36. The summed E-state index contributed by atoms with van der Waals surface area (Å²) in [4.78, 5) is 2.67. The maximum absolute atomic E-state index is 3.71. The van der Waals surface area contributed by atoms with Gasteiger partial charge in [-0.25, -0.2) is 0 Å². The van der Waals surface area contributed by atoms with E-state index in [1.807, 2.05) is 0 Å². The lowest BCUT2D eigenvalue weighted by Gasteiger charge is -2.31. The van der Waals surface area contributed by atoms with Gasteiger partial charge in [0.15, 0.2) is 0 Å². The summed E-state index contributed by atoms with van der Waals surface area (Å²) in [5.41, 5.74) is 1.84. The van der Waals surface area contributed by atoms with Gasteiger partial charge in [0.05, 0.1) is 0 Å². The Morgan fingerprint density at radius 1 is 1.20 bits per heavy atom. The average Bonchev–Trinajstić information content (AvgIpc) is 2.59. The SMILES string of the molecule is CC1CCNC(c2ccccc2)CN1CCC(C)(C)C. The number of nitrogens with zero attached hydrogens (tertiary/aromatic N) is 1. The molecule has 0 saturated carbocycles. The van der Waals surface area contributed by atoms with Crippen molar-refractivity contribution in [2.24, 2.45) is 5.41 Å². The Morgan fingerprint density at radius 3 is 2.55 bits per heavy atom. The molecule has 1 heterocycles. The van der Waals surface area contributed by atoms with Crippen LogP contribution in [0.5, 0.6) is 0 Å². The highest BCUT2D eigenvalue weighted by atomic mass is 15.2. The molecule has 20 heavy (non-hydrogen) atoms. The number of benzene rings is 1. The zero-order valence-electron chi connectivity index (χ0n) is 13.5. The maximum atomic E-state index is 3.71. The number of rotatable bonds is 3. The molecule has 2 nitrogen and oxygen atoms in total. The van der Waals surface area contributed by atoms with E-state index in [0.717, 1.165) is 13.1 Å². The highest BCUT2D eigenvalue weighted by Gasteiger charge is 2.24. The van der Waals surface area contributed by atoms with Crippen LogP contribution in [0.25, 0.3) is 0 Å². The first kappa shape index (κ1) is 15.5. The summed E-state index contributed by atoms with van der Waals surface area (Å²) in [6.45, 7) is 12.8. The Morgan fingerprint density at radius 2 is 1.90 bits per heavy atom. The van der Waals surface area contributed by atoms with Gasteiger partial charge in [-0.2, -0.15) is 0 Å². The van der Waals surface area contributed by atoms with Crippen LogP contribution in [-0.4, -0.2) is 30.6 Å². The van der Waals surface area contributed by atoms with Crippen LogP contribution in [0.15, 0.2) is 30.3 Å². The minimum atomic E-state index is 0.418. The van der Waals surface area contributed by atoms with Crippen molar-refractivity contribution in [2.75, 3.05) is 19.6 Å². The summed E-state index contributed by atoms with van der Waals surface area (Å²) in [5.74, 6) is 0. The van der Waals surface area contributed by atoms with E-state index in [-0.39, 0.29) is 0 Å². The standard InChI is InChI=1S/C18H30N2/c1-15-10-12-19-17(16-8-6-5-7-9-16)14-20(15)13-11-18(2,3)4/h5-9,15,17,19H,10-14H2,1-4H3. The zero-order chi connectivity index (χ0) is 14.6. The minimum Gasteiger partial charge on any atom is -0.309 e. The van der Waals surface area contributed by atoms with Gasteiger partial charge in [-0.15, -0.1) is 0 Å². The van der Waals surface area contributed by atoms with Gasteiger partial charge in [-0.1, -0.05) is 51.1 Å². The molecule has 2 atom stereocenters. The Hall–Kier alpha value is -0.860. The second-order valence-electron chi connectivity index (χ2n) is 7.36. The Balaban J connectivity index is 2.02. The lowest BCUT2D eigenvalue weighted by Crippen LogP contribution is -2.37. The molecule has 1 fully saturated rings. The van der Waals surface area contributed by atoms with Crippen molar-refractivity contribution in [1.82, 2.24) is 10.2 Å². The first-order valence-corrected chi connectivity index (χ1v) is 7.98. The third-order valence-corrected chi connectivity index (χ3v) is 4.34. The first-order valence-electron chi connectivity index (χ1n) is 7.98. The maximum Gasteiger partial charge on any atom is 0.0449 e. The monoisotopic (exact) mass is 274 g/mol. The number of hydrogen-bond acceptors (Lipinski definition) is 2. The van der Waals surface area contributed by atoms with Gasteiger partial charge in [0, 0.05) is 18.6 Å². The van der Waals surface area contributed by atoms with Gasteiger partial charge >= 0.3 is 0 Å². The second kappa shape index (κ2) is 6.73. The van der Waals surface area contributed by atoms with Crippen molar-refractivity contribution in [3.05, 3.63) is 35.9 Å². The van der Waals surface area contributed by atoms with E-state index in [2.05, 4.69) is 68.2 Å². The molecule has 2 rings (SSSR count). The van der Waals surface area contributed by atoms with Crippen LogP contribution in [0.4, 0.5) is 0 Å². The molecule has 0 radical (unpaired) electrons. The zero-order valence-corrected chi connectivity index (χ0v) is 13.5. The average molecular weight is 274 g/mol. The molecule has 1 N–H and O–H groups in total. The predicted octanol–water partition coefficient (Wildman–Crippen LogP) is 3.85. The highest BCUT2D eigenvalue weighted by Crippen LogP contribution is 2.24. The molecule has 1 aromatic rings. The van der Waals surface area contributed by atoms with Gasteiger partial charge in [0.2, 0.25) is 0 Å². The highest BCUT2D eigenvalue weighted by molar-refractivity contribution is 5.19. The number of nitrogens with one attached hydrogen (secondary N) is 1. The van der Waals surface area contributed by atoms with E-state index in [4.69, 9.17) is 0 Å². The molecule has 0 spiro atoms. The molecule has 0 bridgehead atoms. The van der Waals surface area contributed by atoms with Crippen molar-refractivity contribution >= 4 is 0 Å². The van der Waals surface area contributed by atoms with Crippen molar-refractivity contribution in [1.29, 1.82) is 0 Å². The molecule has 0 aliphatic carbocycles. The molecular formula is C18H30N2. The van der Waals surface area contributed by atoms with Crippen LogP contribution in [0.3, 0.4) is 0 Å². The van der Waals surface area contributed by atoms with Gasteiger partial charge in [-0.05, 0) is 43.8 Å². The van der Waals surface area contributed by atoms with Gasteiger partial charge in [0.1, 0.15) is 0 Å². The Bertz CT molecular complexity index is 394. The molecule has 1 aromatic carbocycles. The Labute approximate surface area is 124 Å². The quantitative estimate of drug-likeness (QED) is 0.900. The van der Waals surface area contributed by atoms with E-state index >= 15 is 0 Å². The Kier molecular flexibility index (Phi) is 5.22. The van der Waals surface area contributed by atoms with Crippen molar-refractivity contribution in [3.8, 4) is 0 Å². The summed E-state index contributed by atoms with van der Waals surface area (Å²) in [6.07, 6.45) is 2.51. The fourth-order valence-electron chi connectivity index (χ4n) is 2.83. The van der Waals surface area contributed by atoms with E-state index in [9.17, 15) is 0 Å². The van der Waals surface area contributed by atoms with Crippen LogP contribution in [0.1, 0.15) is 52.1 Å². The summed E-state index contributed by atoms with van der Waals surface area (Å²) in [7, 11) is 0. The fraction of sp³-hybridized carbons (Fsp3) is 0.667. The summed E-state index contributed by atoms with van der Waals surface area (Å²) >= 11 is 0. The summed E-state index contributed by atoms with van der Waals surface area (Å²) < 4.78 is 0. The summed E-state index contributed by atoms with van der Waals surface area (Å²) in [6, 6.07) is 12.0. The number of hydrogen-bond donors (Lipinski definition) is 1. The molecular weight excluding hydrogens is 244 g/mol. The van der Waals surface area contributed by atoms with Crippen LogP contribution in [0.2, 0.25) is 0 Å². The van der Waals surface area contributed by atoms with Crippen molar-refractivity contribution in [3.63, 3.8) is 0 Å². The van der Waals surface area contributed by atoms with Crippen molar-refractivity contribution in [2.45, 2.75) is 52.6 Å². The van der Waals surface area contributed by atoms with E-state index < -0.39 is 0 Å². The third kappa shape index (κ3) is 4.60. The largest absolute Gasteiger partial charge is 0.309 e. The molecule has 112 valence electrons. The molecule has 1 aliphatic heterocycles. The van der Waals surface area contributed by atoms with Crippen LogP contribution >= 0.6 is 0 Å². The van der Waals surface area contributed by atoms with Gasteiger partial charge in [-0.3, -0.25) is 4.90 Å². The van der Waals surface area contributed by atoms with Crippen molar-refractivity contribution < 1.29 is 0 Å². The van der Waals surface area contributed by atoms with Gasteiger partial charge < -0.3 is 5.32 Å². The van der Waals surface area contributed by atoms with Gasteiger partial charge in [0.25, 0.3) is 0 Å². The normalized spacial score (nSPS) is 25.4. The van der Waals surface area contributed by atoms with Crippen LogP contribution in [0, 0.1) is 5.41 Å². The minimum absolute atomic E-state index is 0.418. The fourth-order valence-corrected chi connectivity index (χ4v) is 2.83. The lowest BCUT2D eigenvalue weighted by molar-refractivity contribution is 0.176. The van der Waals surface area contributed by atoms with E-state index in [0.29, 0.717) is 17.5 Å². The molecule has 0 amide bonds. The smallest absolute Gasteiger partial charge is 0.0449 e. The third-order valence-electron chi connectivity index (χ3n) is 4.34. The van der Waals surface area contributed by atoms with E-state index in [1.54, 1.807) is 0 Å². The lowest BCUT2D eigenvalue weighted by atomic mass is 9.91. The molecule has 1 saturated heterocycles. The summed E-state index contributed by atoms with van der Waals surface area (Å²) in [5, 5.41) is 3.71. The molecule has 2 heteroatoms. The molecule has 0 aromatic heterocycles. The molecule has 2 unspecified atom stereocenters.